The Hall–Kier alpha value is -1.42. The van der Waals surface area contributed by atoms with E-state index >= 15 is 0 Å². The van der Waals surface area contributed by atoms with Gasteiger partial charge in [-0.05, 0) is 25.6 Å². The summed E-state index contributed by atoms with van der Waals surface area (Å²) in [6, 6.07) is 5.95. The molecule has 0 saturated carbocycles. The number of benzene rings is 1. The van der Waals surface area contributed by atoms with Crippen LogP contribution in [-0.4, -0.2) is 33.9 Å². The molecule has 0 aliphatic carbocycles. The van der Waals surface area contributed by atoms with E-state index in [4.69, 9.17) is 14.2 Å². The van der Waals surface area contributed by atoms with Crippen LogP contribution in [0.4, 0.5) is 0 Å². The van der Waals surface area contributed by atoms with E-state index in [-0.39, 0.29) is 0 Å². The molecule has 1 aromatic carbocycles. The highest BCUT2D eigenvalue weighted by Crippen LogP contribution is 2.36. The van der Waals surface area contributed by atoms with Crippen LogP contribution in [0.15, 0.2) is 18.2 Å². The van der Waals surface area contributed by atoms with Gasteiger partial charge >= 0.3 is 0 Å². The Balaban J connectivity index is 2.75. The summed E-state index contributed by atoms with van der Waals surface area (Å²) < 4.78 is 16.4. The van der Waals surface area contributed by atoms with Gasteiger partial charge in [0, 0.05) is 6.04 Å². The molecule has 0 saturated heterocycles. The van der Waals surface area contributed by atoms with E-state index in [1.807, 2.05) is 25.2 Å². The quantitative estimate of drug-likeness (QED) is 0.772. The fraction of sp³-hybridized carbons (Fsp3) is 0.571. The standard InChI is InChI=1S/C14H23NO3/c1-5-7-11(15-2)10-18-14-12(16-3)8-6-9-13(14)17-4/h6,8-9,11,15H,5,7,10H2,1-4H3. The third-order valence-corrected chi connectivity index (χ3v) is 2.86. The summed E-state index contributed by atoms with van der Waals surface area (Å²) in [6.07, 6.45) is 2.20. The highest BCUT2D eigenvalue weighted by molar-refractivity contribution is 5.51. The molecule has 4 heteroatoms. The lowest BCUT2D eigenvalue weighted by Gasteiger charge is -2.19. The second-order valence-corrected chi connectivity index (χ2v) is 4.08. The van der Waals surface area contributed by atoms with E-state index in [9.17, 15) is 0 Å². The lowest BCUT2D eigenvalue weighted by molar-refractivity contribution is 0.238. The van der Waals surface area contributed by atoms with Crippen molar-refractivity contribution in [3.05, 3.63) is 18.2 Å². The zero-order valence-electron chi connectivity index (χ0n) is 11.7. The predicted molar refractivity (Wildman–Crippen MR) is 72.8 cm³/mol. The van der Waals surface area contributed by atoms with Crippen LogP contribution < -0.4 is 19.5 Å². The van der Waals surface area contributed by atoms with Gasteiger partial charge in [0.25, 0.3) is 0 Å². The molecule has 0 heterocycles. The molecule has 0 aromatic heterocycles. The molecule has 0 amide bonds. The number of likely N-dealkylation sites (N-methyl/N-ethyl adjacent to an activating group) is 1. The van der Waals surface area contributed by atoms with E-state index in [2.05, 4.69) is 12.2 Å². The van der Waals surface area contributed by atoms with Gasteiger partial charge in [0.15, 0.2) is 11.5 Å². The van der Waals surface area contributed by atoms with E-state index in [1.54, 1.807) is 14.2 Å². The molecule has 1 rings (SSSR count). The molecule has 1 unspecified atom stereocenters. The van der Waals surface area contributed by atoms with Crippen LogP contribution in [0.1, 0.15) is 19.8 Å². The Morgan fingerprint density at radius 1 is 1.17 bits per heavy atom. The molecule has 0 aliphatic rings. The number of methoxy groups -OCH3 is 2. The largest absolute Gasteiger partial charge is 0.493 e. The molecule has 0 radical (unpaired) electrons. The van der Waals surface area contributed by atoms with Crippen molar-refractivity contribution >= 4 is 0 Å². The van der Waals surface area contributed by atoms with Crippen molar-refractivity contribution in [1.29, 1.82) is 0 Å². The average Bonchev–Trinajstić information content (AvgIpc) is 2.42. The number of nitrogens with one attached hydrogen (secondary N) is 1. The number of rotatable bonds is 8. The minimum absolute atomic E-state index is 0.338. The lowest BCUT2D eigenvalue weighted by Crippen LogP contribution is -2.31. The van der Waals surface area contributed by atoms with Crippen LogP contribution in [0.5, 0.6) is 17.2 Å². The first-order valence-electron chi connectivity index (χ1n) is 6.27. The van der Waals surface area contributed by atoms with E-state index < -0.39 is 0 Å². The van der Waals surface area contributed by atoms with Crippen molar-refractivity contribution in [3.63, 3.8) is 0 Å². The first-order valence-corrected chi connectivity index (χ1v) is 6.27. The van der Waals surface area contributed by atoms with Gasteiger partial charge in [-0.2, -0.15) is 0 Å². The summed E-state index contributed by atoms with van der Waals surface area (Å²) >= 11 is 0. The number of para-hydroxylation sites is 1. The predicted octanol–water partition coefficient (Wildman–Crippen LogP) is 2.47. The Kier molecular flexibility index (Phi) is 6.36. The molecule has 4 nitrogen and oxygen atoms in total. The monoisotopic (exact) mass is 253 g/mol. The summed E-state index contributed by atoms with van der Waals surface area (Å²) in [7, 11) is 5.20. The third-order valence-electron chi connectivity index (χ3n) is 2.86. The topological polar surface area (TPSA) is 39.7 Å². The second kappa shape index (κ2) is 7.82. The van der Waals surface area contributed by atoms with Crippen molar-refractivity contribution in [1.82, 2.24) is 5.32 Å². The van der Waals surface area contributed by atoms with Gasteiger partial charge < -0.3 is 19.5 Å². The lowest BCUT2D eigenvalue weighted by atomic mass is 10.2. The first-order chi connectivity index (χ1) is 8.76. The molecule has 102 valence electrons. The summed E-state index contributed by atoms with van der Waals surface area (Å²) in [5, 5.41) is 3.24. The fourth-order valence-corrected chi connectivity index (χ4v) is 1.80. The second-order valence-electron chi connectivity index (χ2n) is 4.08. The normalized spacial score (nSPS) is 12.0. The van der Waals surface area contributed by atoms with Crippen LogP contribution in [0.3, 0.4) is 0 Å². The molecule has 1 aromatic rings. The third kappa shape index (κ3) is 3.81. The average molecular weight is 253 g/mol. The maximum absolute atomic E-state index is 5.84. The molecule has 0 bridgehead atoms. The van der Waals surface area contributed by atoms with E-state index in [0.717, 1.165) is 12.8 Å². The van der Waals surface area contributed by atoms with E-state index in [0.29, 0.717) is 29.9 Å². The van der Waals surface area contributed by atoms with Gasteiger partial charge in [-0.25, -0.2) is 0 Å². The molecule has 0 aliphatic heterocycles. The first kappa shape index (κ1) is 14.6. The molecular formula is C14H23NO3. The van der Waals surface area contributed by atoms with Crippen LogP contribution in [0.25, 0.3) is 0 Å². The smallest absolute Gasteiger partial charge is 0.203 e. The molecule has 1 atom stereocenters. The van der Waals surface area contributed by atoms with Gasteiger partial charge in [0.05, 0.1) is 14.2 Å². The minimum atomic E-state index is 0.338. The zero-order chi connectivity index (χ0) is 13.4. The van der Waals surface area contributed by atoms with Gasteiger partial charge in [-0.3, -0.25) is 0 Å². The molecule has 0 spiro atoms. The van der Waals surface area contributed by atoms with Gasteiger partial charge in [-0.1, -0.05) is 19.4 Å². The Morgan fingerprint density at radius 3 is 2.22 bits per heavy atom. The SMILES string of the molecule is CCCC(COc1c(OC)cccc1OC)NC. The van der Waals surface area contributed by atoms with Crippen molar-refractivity contribution in [2.75, 3.05) is 27.9 Å². The molecule has 0 fully saturated rings. The minimum Gasteiger partial charge on any atom is -0.493 e. The van der Waals surface area contributed by atoms with Crippen molar-refractivity contribution in [3.8, 4) is 17.2 Å². The van der Waals surface area contributed by atoms with Crippen LogP contribution in [-0.2, 0) is 0 Å². The molecule has 18 heavy (non-hydrogen) atoms. The van der Waals surface area contributed by atoms with E-state index in [1.165, 1.54) is 0 Å². The van der Waals surface area contributed by atoms with Crippen LogP contribution >= 0.6 is 0 Å². The van der Waals surface area contributed by atoms with Gasteiger partial charge in [-0.15, -0.1) is 0 Å². The number of hydrogen-bond acceptors (Lipinski definition) is 4. The zero-order valence-corrected chi connectivity index (χ0v) is 11.7. The molecule has 1 N–H and O–H groups in total. The van der Waals surface area contributed by atoms with Crippen molar-refractivity contribution in [2.24, 2.45) is 0 Å². The number of hydrogen-bond donors (Lipinski definition) is 1. The maximum Gasteiger partial charge on any atom is 0.203 e. The Morgan fingerprint density at radius 2 is 1.78 bits per heavy atom. The van der Waals surface area contributed by atoms with Crippen molar-refractivity contribution < 1.29 is 14.2 Å². The fourth-order valence-electron chi connectivity index (χ4n) is 1.80. The van der Waals surface area contributed by atoms with Crippen LogP contribution in [0, 0.1) is 0 Å². The summed E-state index contributed by atoms with van der Waals surface area (Å²) in [5.74, 6) is 2.06. The Bertz CT molecular complexity index is 333. The van der Waals surface area contributed by atoms with Crippen molar-refractivity contribution in [2.45, 2.75) is 25.8 Å². The summed E-state index contributed by atoms with van der Waals surface area (Å²) in [4.78, 5) is 0. The highest BCUT2D eigenvalue weighted by Gasteiger charge is 2.13. The Labute approximate surface area is 109 Å². The highest BCUT2D eigenvalue weighted by atomic mass is 16.5. The maximum atomic E-state index is 5.84. The summed E-state index contributed by atoms with van der Waals surface area (Å²) in [5.41, 5.74) is 0. The number of ether oxygens (including phenoxy) is 3. The molecular weight excluding hydrogens is 230 g/mol. The summed E-state index contributed by atoms with van der Waals surface area (Å²) in [6.45, 7) is 2.76. The van der Waals surface area contributed by atoms with Gasteiger partial charge in [0.2, 0.25) is 5.75 Å². The van der Waals surface area contributed by atoms with Crippen LogP contribution in [0.2, 0.25) is 0 Å². The van der Waals surface area contributed by atoms with Gasteiger partial charge in [0.1, 0.15) is 6.61 Å².